The summed E-state index contributed by atoms with van der Waals surface area (Å²) in [5.74, 6) is 0. The maximum Gasteiger partial charge on any atom is 0.0464 e. The van der Waals surface area contributed by atoms with Gasteiger partial charge in [-0.15, -0.1) is 11.3 Å². The Hall–Kier alpha value is -6.94. The van der Waals surface area contributed by atoms with Crippen molar-refractivity contribution in [2.45, 2.75) is 0 Å². The predicted molar refractivity (Wildman–Crippen MR) is 238 cm³/mol. The van der Waals surface area contributed by atoms with Gasteiger partial charge >= 0.3 is 0 Å². The molecule has 0 fully saturated rings. The molecule has 1 aromatic heterocycles. The van der Waals surface area contributed by atoms with Gasteiger partial charge in [0, 0.05) is 59.6 Å². The Kier molecular flexibility index (Phi) is 8.40. The molecule has 0 spiro atoms. The van der Waals surface area contributed by atoms with Crippen molar-refractivity contribution in [1.29, 1.82) is 0 Å². The van der Waals surface area contributed by atoms with E-state index in [4.69, 9.17) is 0 Å². The minimum atomic E-state index is 1.05. The molecule has 10 aromatic rings. The summed E-state index contributed by atoms with van der Waals surface area (Å²) in [7, 11) is 0. The molecule has 0 saturated carbocycles. The van der Waals surface area contributed by atoms with Crippen LogP contribution in [0, 0.1) is 0 Å². The molecule has 0 unspecified atom stereocenters. The molecule has 1 heterocycles. The third kappa shape index (κ3) is 6.41. The first-order valence-corrected chi connectivity index (χ1v) is 19.5. The lowest BCUT2D eigenvalue weighted by atomic mass is 9.94. The molecule has 0 saturated heterocycles. The molecular weight excluding hydrogens is 685 g/mol. The first-order valence-electron chi connectivity index (χ1n) is 18.7. The van der Waals surface area contributed by atoms with E-state index in [9.17, 15) is 0 Å². The minimum absolute atomic E-state index is 1.05. The van der Waals surface area contributed by atoms with Gasteiger partial charge in [0.25, 0.3) is 0 Å². The van der Waals surface area contributed by atoms with Crippen molar-refractivity contribution in [3.63, 3.8) is 0 Å². The molecule has 260 valence electrons. The topological polar surface area (TPSA) is 24.1 Å². The van der Waals surface area contributed by atoms with Gasteiger partial charge in [-0.3, -0.25) is 0 Å². The number of para-hydroxylation sites is 1. The third-order valence-corrected chi connectivity index (χ3v) is 11.6. The summed E-state index contributed by atoms with van der Waals surface area (Å²) in [4.78, 5) is 0. The molecule has 55 heavy (non-hydrogen) atoms. The fourth-order valence-electron chi connectivity index (χ4n) is 7.71. The maximum absolute atomic E-state index is 3.83. The molecule has 0 atom stereocenters. The van der Waals surface area contributed by atoms with Gasteiger partial charge in [0.2, 0.25) is 0 Å². The van der Waals surface area contributed by atoms with Crippen molar-refractivity contribution in [2.24, 2.45) is 0 Å². The lowest BCUT2D eigenvalue weighted by Crippen LogP contribution is -1.95. The van der Waals surface area contributed by atoms with Crippen LogP contribution < -0.4 is 10.6 Å². The molecule has 2 N–H and O–H groups in total. The van der Waals surface area contributed by atoms with Gasteiger partial charge < -0.3 is 10.6 Å². The van der Waals surface area contributed by atoms with Gasteiger partial charge in [0.05, 0.1) is 0 Å². The van der Waals surface area contributed by atoms with Gasteiger partial charge in [-0.1, -0.05) is 152 Å². The lowest BCUT2D eigenvalue weighted by molar-refractivity contribution is 1.52. The van der Waals surface area contributed by atoms with E-state index >= 15 is 0 Å². The zero-order valence-electron chi connectivity index (χ0n) is 30.0. The molecule has 0 aliphatic carbocycles. The summed E-state index contributed by atoms with van der Waals surface area (Å²) in [5.41, 5.74) is 13.7. The lowest BCUT2D eigenvalue weighted by Gasteiger charge is -2.17. The van der Waals surface area contributed by atoms with E-state index < -0.39 is 0 Å². The smallest absolute Gasteiger partial charge is 0.0464 e. The third-order valence-electron chi connectivity index (χ3n) is 10.4. The SMILES string of the molecule is c1ccc(-c2cccc(Nc3ccc(-c4cccc(-c5ccccc5Nc5ccc6ccccc6c5)c4)cc3-c3cccc4c3sc3ccccc34)c2)cc1. The zero-order valence-corrected chi connectivity index (χ0v) is 30.9. The van der Waals surface area contributed by atoms with E-state index in [1.54, 1.807) is 0 Å². The second kappa shape index (κ2) is 14.1. The Morgan fingerprint density at radius 1 is 0.309 bits per heavy atom. The van der Waals surface area contributed by atoms with Crippen LogP contribution in [0.25, 0.3) is 75.5 Å². The van der Waals surface area contributed by atoms with Crippen molar-refractivity contribution in [2.75, 3.05) is 10.6 Å². The first kappa shape index (κ1) is 32.7. The molecular formula is C52H36N2S. The van der Waals surface area contributed by atoms with Gasteiger partial charge in [0.1, 0.15) is 0 Å². The van der Waals surface area contributed by atoms with Crippen LogP contribution in [0.4, 0.5) is 22.7 Å². The van der Waals surface area contributed by atoms with Crippen LogP contribution in [-0.2, 0) is 0 Å². The highest BCUT2D eigenvalue weighted by Gasteiger charge is 2.16. The second-order valence-electron chi connectivity index (χ2n) is 13.9. The Morgan fingerprint density at radius 2 is 0.927 bits per heavy atom. The highest BCUT2D eigenvalue weighted by atomic mass is 32.1. The summed E-state index contributed by atoms with van der Waals surface area (Å²) < 4.78 is 2.60. The van der Waals surface area contributed by atoms with Crippen molar-refractivity contribution < 1.29 is 0 Å². The molecule has 3 heteroatoms. The van der Waals surface area contributed by atoms with Crippen molar-refractivity contribution in [1.82, 2.24) is 0 Å². The quantitative estimate of drug-likeness (QED) is 0.163. The Balaban J connectivity index is 1.06. The fourth-order valence-corrected chi connectivity index (χ4v) is 8.94. The number of hydrogen-bond donors (Lipinski definition) is 2. The van der Waals surface area contributed by atoms with Gasteiger partial charge in [-0.25, -0.2) is 0 Å². The van der Waals surface area contributed by atoms with E-state index in [1.165, 1.54) is 64.3 Å². The largest absolute Gasteiger partial charge is 0.355 e. The van der Waals surface area contributed by atoms with E-state index in [0.717, 1.165) is 33.9 Å². The monoisotopic (exact) mass is 720 g/mol. The number of nitrogens with one attached hydrogen (secondary N) is 2. The molecule has 0 aliphatic heterocycles. The normalized spacial score (nSPS) is 11.3. The highest BCUT2D eigenvalue weighted by molar-refractivity contribution is 7.26. The number of fused-ring (bicyclic) bond motifs is 4. The molecule has 0 aliphatic rings. The number of rotatable bonds is 8. The number of benzene rings is 9. The zero-order chi connectivity index (χ0) is 36.6. The predicted octanol–water partition coefficient (Wildman–Crippen LogP) is 15.4. The fraction of sp³-hybridized carbons (Fsp3) is 0. The number of thiophene rings is 1. The van der Waals surface area contributed by atoms with Crippen molar-refractivity contribution in [3.8, 4) is 44.5 Å². The van der Waals surface area contributed by atoms with Crippen LogP contribution in [0.2, 0.25) is 0 Å². The van der Waals surface area contributed by atoms with E-state index in [0.29, 0.717) is 0 Å². The molecule has 9 aromatic carbocycles. The summed E-state index contributed by atoms with van der Waals surface area (Å²) in [6.07, 6.45) is 0. The molecule has 0 bridgehead atoms. The van der Waals surface area contributed by atoms with Crippen LogP contribution in [-0.4, -0.2) is 0 Å². The number of anilines is 4. The van der Waals surface area contributed by atoms with Crippen LogP contribution in [0.1, 0.15) is 0 Å². The van der Waals surface area contributed by atoms with Crippen LogP contribution in [0.15, 0.2) is 206 Å². The second-order valence-corrected chi connectivity index (χ2v) is 15.0. The molecule has 10 rings (SSSR count). The average Bonchev–Trinajstić information content (AvgIpc) is 3.64. The summed E-state index contributed by atoms with van der Waals surface area (Å²) in [5, 5.41) is 12.6. The Labute approximate surface area is 325 Å². The standard InChI is InChI=1S/C52H36N2S/c1-2-13-35(14-3-1)39-18-11-20-42(32-39)53-50-30-28-40(34-48(50)47-24-12-23-46-45-22-7-9-26-51(45)55-52(46)47)37-17-10-19-41(31-37)44-21-6-8-25-49(44)54-43-29-27-36-15-4-5-16-38(36)33-43/h1-34,53-54H. The molecule has 0 radical (unpaired) electrons. The maximum atomic E-state index is 3.83. The summed E-state index contributed by atoms with van der Waals surface area (Å²) in [6.45, 7) is 0. The highest BCUT2D eigenvalue weighted by Crippen LogP contribution is 2.44. The Morgan fingerprint density at radius 3 is 1.84 bits per heavy atom. The van der Waals surface area contributed by atoms with Crippen molar-refractivity contribution >= 4 is 65.0 Å². The minimum Gasteiger partial charge on any atom is -0.355 e. The summed E-state index contributed by atoms with van der Waals surface area (Å²) in [6, 6.07) is 74.1. The van der Waals surface area contributed by atoms with Crippen LogP contribution in [0.5, 0.6) is 0 Å². The van der Waals surface area contributed by atoms with E-state index in [1.807, 2.05) is 11.3 Å². The molecule has 0 amide bonds. The number of hydrogen-bond acceptors (Lipinski definition) is 3. The van der Waals surface area contributed by atoms with E-state index in [2.05, 4.69) is 217 Å². The van der Waals surface area contributed by atoms with Crippen LogP contribution in [0.3, 0.4) is 0 Å². The first-order chi connectivity index (χ1) is 27.2. The molecule has 2 nitrogen and oxygen atoms in total. The van der Waals surface area contributed by atoms with Gasteiger partial charge in [-0.2, -0.15) is 0 Å². The summed E-state index contributed by atoms with van der Waals surface area (Å²) >= 11 is 1.87. The van der Waals surface area contributed by atoms with Gasteiger partial charge in [0.15, 0.2) is 0 Å². The Bertz CT molecular complexity index is 3000. The van der Waals surface area contributed by atoms with E-state index in [-0.39, 0.29) is 0 Å². The van der Waals surface area contributed by atoms with Gasteiger partial charge in [-0.05, 0) is 93.2 Å². The van der Waals surface area contributed by atoms with Crippen LogP contribution >= 0.6 is 11.3 Å². The van der Waals surface area contributed by atoms with Crippen molar-refractivity contribution in [3.05, 3.63) is 206 Å². The average molecular weight is 721 g/mol.